The summed E-state index contributed by atoms with van der Waals surface area (Å²) in [6.07, 6.45) is 0. The molecule has 0 bridgehead atoms. The molecule has 0 aliphatic carbocycles. The van der Waals surface area contributed by atoms with Crippen molar-refractivity contribution in [3.05, 3.63) is 242 Å². The lowest BCUT2D eigenvalue weighted by molar-refractivity contribution is 0.662. The van der Waals surface area contributed by atoms with Crippen LogP contribution in [0.4, 0.5) is 34.1 Å². The lowest BCUT2D eigenvalue weighted by atomic mass is 9.99. The summed E-state index contributed by atoms with van der Waals surface area (Å²) in [7, 11) is 0. The van der Waals surface area contributed by atoms with Crippen LogP contribution in [-0.4, -0.2) is 0 Å². The van der Waals surface area contributed by atoms with Crippen LogP contribution in [0.15, 0.2) is 245 Å². The topological polar surface area (TPSA) is 56.6 Å². The third-order valence-corrected chi connectivity index (χ3v) is 13.1. The van der Waals surface area contributed by atoms with E-state index in [1.54, 1.807) is 0 Å². The SMILES string of the molecule is N#Cc1cc2oc3cc4cc(N(c5ccccc5)c5cccc(-c6ccccc6)c5)ccc4cc3c2c2c1oc1cc3cc(N(c4ccccc4)c4cccc(-c5ccccc5)c4)ccc3cc12. The maximum Gasteiger partial charge on any atom is 0.154 e. The predicted molar refractivity (Wildman–Crippen MR) is 281 cm³/mol. The van der Waals surface area contributed by atoms with Crippen molar-refractivity contribution in [3.63, 3.8) is 0 Å². The lowest BCUT2D eigenvalue weighted by Gasteiger charge is -2.26. The largest absolute Gasteiger partial charge is 0.456 e. The van der Waals surface area contributed by atoms with Gasteiger partial charge in [0.2, 0.25) is 0 Å². The number of rotatable bonds is 8. The molecule has 0 unspecified atom stereocenters. The molecule has 0 fully saturated rings. The monoisotopic (exact) mass is 869 g/mol. The zero-order chi connectivity index (χ0) is 45.1. The Morgan fingerprint density at radius 3 is 1.24 bits per heavy atom. The number of hydrogen-bond acceptors (Lipinski definition) is 5. The molecule has 0 saturated heterocycles. The maximum atomic E-state index is 10.5. The first-order chi connectivity index (χ1) is 33.6. The molecular weight excluding hydrogens is 831 g/mol. The van der Waals surface area contributed by atoms with Crippen molar-refractivity contribution >= 4 is 99.5 Å². The molecule has 0 spiro atoms. The number of furan rings is 2. The van der Waals surface area contributed by atoms with Gasteiger partial charge in [-0.25, -0.2) is 0 Å². The third kappa shape index (κ3) is 6.63. The number of hydrogen-bond donors (Lipinski definition) is 0. The van der Waals surface area contributed by atoms with Gasteiger partial charge in [-0.3, -0.25) is 0 Å². The van der Waals surface area contributed by atoms with Gasteiger partial charge in [0.25, 0.3) is 0 Å². The second-order valence-corrected chi connectivity index (χ2v) is 17.3. The van der Waals surface area contributed by atoms with Crippen molar-refractivity contribution in [2.75, 3.05) is 9.80 Å². The molecule has 5 nitrogen and oxygen atoms in total. The van der Waals surface area contributed by atoms with Crippen molar-refractivity contribution in [3.8, 4) is 28.3 Å². The predicted octanol–water partition coefficient (Wildman–Crippen LogP) is 17.9. The molecule has 11 aromatic carbocycles. The molecule has 2 aromatic heterocycles. The van der Waals surface area contributed by atoms with E-state index in [0.717, 1.165) is 93.9 Å². The Balaban J connectivity index is 0.939. The Labute approximate surface area is 392 Å². The van der Waals surface area contributed by atoms with Gasteiger partial charge in [-0.05, 0) is 141 Å². The van der Waals surface area contributed by atoms with E-state index in [9.17, 15) is 5.26 Å². The fourth-order valence-electron chi connectivity index (χ4n) is 9.99. The van der Waals surface area contributed by atoms with Crippen LogP contribution in [0, 0.1) is 11.3 Å². The molecule has 318 valence electrons. The second-order valence-electron chi connectivity index (χ2n) is 17.3. The minimum Gasteiger partial charge on any atom is -0.456 e. The summed E-state index contributed by atoms with van der Waals surface area (Å²) in [6, 6.07) is 85.3. The molecule has 0 saturated carbocycles. The average molecular weight is 870 g/mol. The Kier molecular flexibility index (Phi) is 9.16. The number of para-hydroxylation sites is 2. The Morgan fingerprint density at radius 1 is 0.309 bits per heavy atom. The quantitative estimate of drug-likeness (QED) is 0.152. The molecule has 0 atom stereocenters. The van der Waals surface area contributed by atoms with Gasteiger partial charge in [-0.2, -0.15) is 5.26 Å². The maximum absolute atomic E-state index is 10.5. The minimum absolute atomic E-state index is 0.434. The second kappa shape index (κ2) is 16.0. The van der Waals surface area contributed by atoms with Gasteiger partial charge in [0.05, 0.1) is 5.56 Å². The van der Waals surface area contributed by atoms with Crippen LogP contribution in [0.1, 0.15) is 5.56 Å². The number of benzene rings is 11. The van der Waals surface area contributed by atoms with E-state index in [1.807, 2.05) is 30.3 Å². The van der Waals surface area contributed by atoms with Gasteiger partial charge in [0.1, 0.15) is 22.8 Å². The summed E-state index contributed by atoms with van der Waals surface area (Å²) >= 11 is 0. The fraction of sp³-hybridized carbons (Fsp3) is 0. The Morgan fingerprint density at radius 2 is 0.735 bits per heavy atom. The Hall–Kier alpha value is -9.37. The number of nitrogens with zero attached hydrogens (tertiary/aromatic N) is 3. The van der Waals surface area contributed by atoms with E-state index in [4.69, 9.17) is 8.83 Å². The van der Waals surface area contributed by atoms with Crippen molar-refractivity contribution < 1.29 is 8.83 Å². The van der Waals surface area contributed by atoms with Crippen molar-refractivity contribution in [1.29, 1.82) is 5.26 Å². The number of anilines is 6. The van der Waals surface area contributed by atoms with Crippen LogP contribution in [0.25, 0.3) is 87.7 Å². The first-order valence-electron chi connectivity index (χ1n) is 22.8. The van der Waals surface area contributed by atoms with E-state index in [-0.39, 0.29) is 0 Å². The molecule has 0 N–H and O–H groups in total. The first kappa shape index (κ1) is 39.0. The van der Waals surface area contributed by atoms with Crippen molar-refractivity contribution in [2.45, 2.75) is 0 Å². The fourth-order valence-corrected chi connectivity index (χ4v) is 9.99. The van der Waals surface area contributed by atoms with Gasteiger partial charge in [-0.15, -0.1) is 0 Å². The summed E-state index contributed by atoms with van der Waals surface area (Å²) < 4.78 is 13.4. The van der Waals surface area contributed by atoms with Crippen molar-refractivity contribution in [1.82, 2.24) is 0 Å². The molecule has 13 aromatic rings. The molecule has 0 radical (unpaired) electrons. The average Bonchev–Trinajstić information content (AvgIpc) is 3.95. The van der Waals surface area contributed by atoms with E-state index in [0.29, 0.717) is 22.3 Å². The summed E-state index contributed by atoms with van der Waals surface area (Å²) in [6.45, 7) is 0. The molecular formula is C63H39N3O2. The van der Waals surface area contributed by atoms with E-state index >= 15 is 0 Å². The molecule has 0 amide bonds. The highest BCUT2D eigenvalue weighted by Crippen LogP contribution is 2.46. The van der Waals surface area contributed by atoms with Crippen LogP contribution >= 0.6 is 0 Å². The summed E-state index contributed by atoms with van der Waals surface area (Å²) in [5.74, 6) is 0. The van der Waals surface area contributed by atoms with Crippen LogP contribution in [0.5, 0.6) is 0 Å². The standard InChI is InChI=1S/C63H39N3O2/c64-40-49-39-60-61(56-35-45-27-29-54(33-47(45)37-58(56)67-60)65(50-21-9-3-10-22-50)52-25-13-19-43(31-52)41-15-5-1-6-16-41)62-57-36-46-28-30-55(34-48(46)38-59(57)68-63(49)62)66(51-23-11-4-12-24-51)53-26-14-20-44(32-53)42-17-7-2-8-18-42/h1-39H. The minimum atomic E-state index is 0.434. The highest BCUT2D eigenvalue weighted by Gasteiger charge is 2.23. The summed E-state index contributed by atoms with van der Waals surface area (Å²) in [5, 5.41) is 18.5. The third-order valence-electron chi connectivity index (χ3n) is 13.1. The zero-order valence-electron chi connectivity index (χ0n) is 36.7. The van der Waals surface area contributed by atoms with Gasteiger partial charge in [-0.1, -0.05) is 133 Å². The van der Waals surface area contributed by atoms with Crippen LogP contribution < -0.4 is 9.80 Å². The molecule has 2 heterocycles. The normalized spacial score (nSPS) is 11.5. The zero-order valence-corrected chi connectivity index (χ0v) is 36.7. The molecule has 13 rings (SSSR count). The number of fused-ring (bicyclic) bond motifs is 9. The molecule has 0 aliphatic rings. The summed E-state index contributed by atoms with van der Waals surface area (Å²) in [5.41, 5.74) is 14.0. The lowest BCUT2D eigenvalue weighted by Crippen LogP contribution is -2.09. The molecule has 0 aliphatic heterocycles. The van der Waals surface area contributed by atoms with Gasteiger partial charge in [0.15, 0.2) is 5.58 Å². The van der Waals surface area contributed by atoms with E-state index in [2.05, 4.69) is 222 Å². The van der Waals surface area contributed by atoms with Crippen LogP contribution in [-0.2, 0) is 0 Å². The van der Waals surface area contributed by atoms with Gasteiger partial charge < -0.3 is 18.6 Å². The van der Waals surface area contributed by atoms with E-state index < -0.39 is 0 Å². The van der Waals surface area contributed by atoms with Crippen LogP contribution in [0.2, 0.25) is 0 Å². The van der Waals surface area contributed by atoms with Crippen LogP contribution in [0.3, 0.4) is 0 Å². The van der Waals surface area contributed by atoms with E-state index in [1.165, 1.54) is 11.1 Å². The number of nitriles is 1. The first-order valence-corrected chi connectivity index (χ1v) is 22.8. The van der Waals surface area contributed by atoms with Gasteiger partial charge in [0, 0.05) is 61.7 Å². The highest BCUT2D eigenvalue weighted by atomic mass is 16.3. The molecule has 5 heteroatoms. The smallest absolute Gasteiger partial charge is 0.154 e. The molecule has 68 heavy (non-hydrogen) atoms. The Bertz CT molecular complexity index is 4100. The summed E-state index contributed by atoms with van der Waals surface area (Å²) in [4.78, 5) is 4.59. The van der Waals surface area contributed by atoms with Gasteiger partial charge >= 0.3 is 0 Å². The highest BCUT2D eigenvalue weighted by molar-refractivity contribution is 6.28. The van der Waals surface area contributed by atoms with Crippen molar-refractivity contribution in [2.24, 2.45) is 0 Å².